The fourth-order valence-electron chi connectivity index (χ4n) is 2.04. The molecule has 0 heterocycles. The lowest BCUT2D eigenvalue weighted by molar-refractivity contribution is -0.143. The third kappa shape index (κ3) is 3.91. The van der Waals surface area contributed by atoms with E-state index in [0.29, 0.717) is 12.1 Å². The number of carbonyl (C=O) groups is 1. The highest BCUT2D eigenvalue weighted by Crippen LogP contribution is 2.38. The lowest BCUT2D eigenvalue weighted by Gasteiger charge is -2.14. The highest BCUT2D eigenvalue weighted by Gasteiger charge is 2.37. The topological polar surface area (TPSA) is 17.1 Å². The summed E-state index contributed by atoms with van der Waals surface area (Å²) in [7, 11) is 0. The van der Waals surface area contributed by atoms with Crippen LogP contribution in [0.2, 0.25) is 0 Å². The van der Waals surface area contributed by atoms with Gasteiger partial charge in [0, 0.05) is 5.56 Å². The van der Waals surface area contributed by atoms with E-state index < -0.39 is 23.5 Å². The molecule has 0 bridgehead atoms. The van der Waals surface area contributed by atoms with Crippen molar-refractivity contribution in [3.63, 3.8) is 0 Å². The van der Waals surface area contributed by atoms with Crippen molar-refractivity contribution in [1.82, 2.24) is 0 Å². The Labute approximate surface area is 127 Å². The van der Waals surface area contributed by atoms with Gasteiger partial charge in [-0.25, -0.2) is 0 Å². The van der Waals surface area contributed by atoms with Gasteiger partial charge in [0.15, 0.2) is 5.78 Å². The number of ketones is 1. The zero-order valence-electron chi connectivity index (χ0n) is 11.7. The molecule has 0 aromatic heterocycles. The first-order valence-corrected chi connectivity index (χ1v) is 6.39. The monoisotopic (exact) mass is 332 g/mol. The summed E-state index contributed by atoms with van der Waals surface area (Å²) < 4.78 is 77.0. The van der Waals surface area contributed by atoms with Crippen LogP contribution in [-0.2, 0) is 12.4 Å². The molecular formula is C16H10F6O. The van der Waals surface area contributed by atoms with Gasteiger partial charge in [0.1, 0.15) is 0 Å². The third-order valence-electron chi connectivity index (χ3n) is 3.19. The van der Waals surface area contributed by atoms with E-state index in [9.17, 15) is 31.1 Å². The molecule has 0 saturated heterocycles. The maximum atomic E-state index is 12.8. The number of rotatable bonds is 2. The van der Waals surface area contributed by atoms with Gasteiger partial charge in [-0.05, 0) is 42.3 Å². The van der Waals surface area contributed by atoms with Gasteiger partial charge in [-0.2, -0.15) is 26.3 Å². The SMILES string of the molecule is CC(=O)c1cccc(-c2cc(C(F)(F)F)cc(C(F)(F)F)c2)c1. The number of hydrogen-bond donors (Lipinski definition) is 0. The van der Waals surface area contributed by atoms with E-state index in [-0.39, 0.29) is 28.5 Å². The van der Waals surface area contributed by atoms with Crippen molar-refractivity contribution >= 4 is 5.78 Å². The minimum atomic E-state index is -4.91. The average molecular weight is 332 g/mol. The van der Waals surface area contributed by atoms with Crippen molar-refractivity contribution < 1.29 is 31.1 Å². The lowest BCUT2D eigenvalue weighted by atomic mass is 9.97. The zero-order chi connectivity index (χ0) is 17.4. The van der Waals surface area contributed by atoms with Crippen molar-refractivity contribution in [2.75, 3.05) is 0 Å². The number of alkyl halides is 6. The molecule has 1 nitrogen and oxygen atoms in total. The number of carbonyl (C=O) groups excluding carboxylic acids is 1. The molecule has 0 radical (unpaired) electrons. The van der Waals surface area contributed by atoms with E-state index in [0.717, 1.165) is 0 Å². The van der Waals surface area contributed by atoms with E-state index in [1.807, 2.05) is 0 Å². The summed E-state index contributed by atoms with van der Waals surface area (Å²) in [4.78, 5) is 11.3. The quantitative estimate of drug-likeness (QED) is 0.517. The van der Waals surface area contributed by atoms with Crippen molar-refractivity contribution in [3.05, 3.63) is 59.2 Å². The normalized spacial score (nSPS) is 12.3. The molecule has 2 aromatic rings. The molecule has 0 fully saturated rings. The number of benzene rings is 2. The van der Waals surface area contributed by atoms with Crippen molar-refractivity contribution in [2.45, 2.75) is 19.3 Å². The molecule has 0 unspecified atom stereocenters. The predicted molar refractivity (Wildman–Crippen MR) is 71.9 cm³/mol. The first kappa shape index (κ1) is 17.1. The van der Waals surface area contributed by atoms with Crippen LogP contribution in [0.3, 0.4) is 0 Å². The van der Waals surface area contributed by atoms with E-state index >= 15 is 0 Å². The van der Waals surface area contributed by atoms with Crippen LogP contribution < -0.4 is 0 Å². The van der Waals surface area contributed by atoms with Crippen LogP contribution in [0.4, 0.5) is 26.3 Å². The smallest absolute Gasteiger partial charge is 0.295 e. The summed E-state index contributed by atoms with van der Waals surface area (Å²) in [6.45, 7) is 1.26. The number of hydrogen-bond acceptors (Lipinski definition) is 1. The second-order valence-corrected chi connectivity index (χ2v) is 4.93. The Morgan fingerprint density at radius 1 is 0.783 bits per heavy atom. The Hall–Kier alpha value is -2.31. The fourth-order valence-corrected chi connectivity index (χ4v) is 2.04. The van der Waals surface area contributed by atoms with Crippen molar-refractivity contribution in [3.8, 4) is 11.1 Å². The maximum absolute atomic E-state index is 12.8. The highest BCUT2D eigenvalue weighted by molar-refractivity contribution is 5.95. The Morgan fingerprint density at radius 2 is 1.30 bits per heavy atom. The summed E-state index contributed by atoms with van der Waals surface area (Å²) in [5.41, 5.74) is -2.73. The zero-order valence-corrected chi connectivity index (χ0v) is 11.7. The average Bonchev–Trinajstić information content (AvgIpc) is 2.45. The minimum Gasteiger partial charge on any atom is -0.295 e. The van der Waals surface area contributed by atoms with Crippen LogP contribution in [0.1, 0.15) is 28.4 Å². The molecule has 0 amide bonds. The molecule has 7 heteroatoms. The maximum Gasteiger partial charge on any atom is 0.416 e. The van der Waals surface area contributed by atoms with Gasteiger partial charge < -0.3 is 0 Å². The fraction of sp³-hybridized carbons (Fsp3) is 0.188. The molecule has 0 N–H and O–H groups in total. The standard InChI is InChI=1S/C16H10F6O/c1-9(23)10-3-2-4-11(5-10)12-6-13(15(17,18)19)8-14(7-12)16(20,21)22/h2-8H,1H3. The van der Waals surface area contributed by atoms with Crippen LogP contribution in [0, 0.1) is 0 Å². The summed E-state index contributed by atoms with van der Waals surface area (Å²) in [5.74, 6) is -0.338. The van der Waals surface area contributed by atoms with Gasteiger partial charge >= 0.3 is 12.4 Å². The van der Waals surface area contributed by atoms with Gasteiger partial charge in [-0.1, -0.05) is 18.2 Å². The molecule has 0 aliphatic heterocycles. The van der Waals surface area contributed by atoms with Crippen LogP contribution in [-0.4, -0.2) is 5.78 Å². The molecule has 0 spiro atoms. The van der Waals surface area contributed by atoms with E-state index in [1.54, 1.807) is 0 Å². The lowest BCUT2D eigenvalue weighted by Crippen LogP contribution is -2.11. The van der Waals surface area contributed by atoms with Crippen LogP contribution in [0.25, 0.3) is 11.1 Å². The van der Waals surface area contributed by atoms with Gasteiger partial charge in [-0.3, -0.25) is 4.79 Å². The number of halogens is 6. The Bertz CT molecular complexity index is 711. The van der Waals surface area contributed by atoms with Crippen molar-refractivity contribution in [1.29, 1.82) is 0 Å². The molecule has 2 aromatic carbocycles. The van der Waals surface area contributed by atoms with E-state index in [4.69, 9.17) is 0 Å². The second kappa shape index (κ2) is 5.72. The molecule has 0 aliphatic carbocycles. The Kier molecular flexibility index (Phi) is 4.24. The second-order valence-electron chi connectivity index (χ2n) is 4.93. The highest BCUT2D eigenvalue weighted by atomic mass is 19.4. The molecular weight excluding hydrogens is 322 g/mol. The molecule has 0 aliphatic rings. The first-order valence-electron chi connectivity index (χ1n) is 6.39. The Morgan fingerprint density at radius 3 is 1.74 bits per heavy atom. The summed E-state index contributed by atoms with van der Waals surface area (Å²) in [6, 6.07) is 6.78. The van der Waals surface area contributed by atoms with Gasteiger partial charge in [-0.15, -0.1) is 0 Å². The van der Waals surface area contributed by atoms with Gasteiger partial charge in [0.25, 0.3) is 0 Å². The van der Waals surface area contributed by atoms with Crippen LogP contribution >= 0.6 is 0 Å². The van der Waals surface area contributed by atoms with Gasteiger partial charge in [0.2, 0.25) is 0 Å². The van der Waals surface area contributed by atoms with Gasteiger partial charge in [0.05, 0.1) is 11.1 Å². The summed E-state index contributed by atoms with van der Waals surface area (Å²) >= 11 is 0. The largest absolute Gasteiger partial charge is 0.416 e. The number of Topliss-reactive ketones (excluding diaryl/α,β-unsaturated/α-hetero) is 1. The predicted octanol–water partition coefficient (Wildman–Crippen LogP) is 5.59. The molecule has 122 valence electrons. The Balaban J connectivity index is 2.67. The molecule has 23 heavy (non-hydrogen) atoms. The van der Waals surface area contributed by atoms with E-state index in [1.165, 1.54) is 31.2 Å². The molecule has 2 rings (SSSR count). The molecule has 0 atom stereocenters. The molecule has 0 saturated carbocycles. The van der Waals surface area contributed by atoms with Crippen LogP contribution in [0.15, 0.2) is 42.5 Å². The third-order valence-corrected chi connectivity index (χ3v) is 3.19. The summed E-state index contributed by atoms with van der Waals surface area (Å²) in [5, 5.41) is 0. The van der Waals surface area contributed by atoms with E-state index in [2.05, 4.69) is 0 Å². The minimum absolute atomic E-state index is 0.0678. The van der Waals surface area contributed by atoms with Crippen molar-refractivity contribution in [2.24, 2.45) is 0 Å². The van der Waals surface area contributed by atoms with Crippen LogP contribution in [0.5, 0.6) is 0 Å². The summed E-state index contributed by atoms with van der Waals surface area (Å²) in [6.07, 6.45) is -9.82. The first-order chi connectivity index (χ1) is 10.5.